The SMILES string of the molecule is CCN(C(C)=O)C1(C(=O)O)CC(C)(C)CC(C)(C)C1. The van der Waals surface area contributed by atoms with Crippen LogP contribution in [0.3, 0.4) is 0 Å². The van der Waals surface area contributed by atoms with E-state index in [9.17, 15) is 14.7 Å². The molecule has 0 atom stereocenters. The van der Waals surface area contributed by atoms with Crippen molar-refractivity contribution in [2.45, 2.75) is 66.3 Å². The highest BCUT2D eigenvalue weighted by Gasteiger charge is 2.55. The first kappa shape index (κ1) is 16.0. The van der Waals surface area contributed by atoms with Gasteiger partial charge in [-0.25, -0.2) is 4.79 Å². The molecule has 0 aromatic rings. The van der Waals surface area contributed by atoms with Crippen LogP contribution in [0, 0.1) is 10.8 Å². The van der Waals surface area contributed by atoms with Gasteiger partial charge in [0, 0.05) is 13.5 Å². The lowest BCUT2D eigenvalue weighted by molar-refractivity contribution is -0.169. The molecule has 1 aliphatic carbocycles. The molecule has 1 amide bonds. The van der Waals surface area contributed by atoms with Gasteiger partial charge in [0.25, 0.3) is 0 Å². The number of amides is 1. The fourth-order valence-electron chi connectivity index (χ4n) is 4.35. The number of rotatable bonds is 3. The fourth-order valence-corrected chi connectivity index (χ4v) is 4.35. The molecule has 1 saturated carbocycles. The van der Waals surface area contributed by atoms with Crippen LogP contribution in [0.2, 0.25) is 0 Å². The van der Waals surface area contributed by atoms with Crippen molar-refractivity contribution < 1.29 is 14.7 Å². The van der Waals surface area contributed by atoms with Gasteiger partial charge >= 0.3 is 5.97 Å². The average Bonchev–Trinajstić information content (AvgIpc) is 2.11. The Morgan fingerprint density at radius 1 is 1.05 bits per heavy atom. The smallest absolute Gasteiger partial charge is 0.329 e. The number of hydrogen-bond acceptors (Lipinski definition) is 2. The minimum Gasteiger partial charge on any atom is -0.479 e. The van der Waals surface area contributed by atoms with E-state index in [4.69, 9.17) is 0 Å². The van der Waals surface area contributed by atoms with E-state index in [0.29, 0.717) is 19.4 Å². The van der Waals surface area contributed by atoms with Crippen molar-refractivity contribution in [3.8, 4) is 0 Å². The van der Waals surface area contributed by atoms with Crippen LogP contribution in [0.15, 0.2) is 0 Å². The summed E-state index contributed by atoms with van der Waals surface area (Å²) in [6, 6.07) is 0. The highest BCUT2D eigenvalue weighted by atomic mass is 16.4. The van der Waals surface area contributed by atoms with Gasteiger partial charge < -0.3 is 10.0 Å². The molecule has 1 N–H and O–H groups in total. The molecule has 0 bridgehead atoms. The van der Waals surface area contributed by atoms with Crippen LogP contribution in [-0.4, -0.2) is 34.0 Å². The van der Waals surface area contributed by atoms with Crippen LogP contribution in [0.4, 0.5) is 0 Å². The standard InChI is InChI=1S/C15H27NO3/c1-7-16(11(2)17)15(12(18)19)9-13(3,4)8-14(5,6)10-15/h7-10H2,1-6H3,(H,18,19). The summed E-state index contributed by atoms with van der Waals surface area (Å²) in [6.45, 7) is 12.1. The van der Waals surface area contributed by atoms with Crippen LogP contribution in [0.25, 0.3) is 0 Å². The zero-order valence-corrected chi connectivity index (χ0v) is 13.0. The molecule has 0 heterocycles. The third-order valence-corrected chi connectivity index (χ3v) is 4.11. The van der Waals surface area contributed by atoms with Gasteiger partial charge in [-0.2, -0.15) is 0 Å². The van der Waals surface area contributed by atoms with Crippen LogP contribution < -0.4 is 0 Å². The summed E-state index contributed by atoms with van der Waals surface area (Å²) in [7, 11) is 0. The summed E-state index contributed by atoms with van der Waals surface area (Å²) in [5.41, 5.74) is -1.22. The summed E-state index contributed by atoms with van der Waals surface area (Å²) in [5.74, 6) is -1.02. The first-order valence-electron chi connectivity index (χ1n) is 6.97. The quantitative estimate of drug-likeness (QED) is 0.857. The number of hydrogen-bond donors (Lipinski definition) is 1. The number of likely N-dealkylation sites (N-methyl/N-ethyl adjacent to an activating group) is 1. The van der Waals surface area contributed by atoms with Gasteiger partial charge in [0.15, 0.2) is 0 Å². The molecule has 110 valence electrons. The van der Waals surface area contributed by atoms with Gasteiger partial charge in [0.2, 0.25) is 5.91 Å². The van der Waals surface area contributed by atoms with E-state index in [1.807, 2.05) is 6.92 Å². The summed E-state index contributed by atoms with van der Waals surface area (Å²) in [5, 5.41) is 9.81. The van der Waals surface area contributed by atoms with Crippen molar-refractivity contribution in [3.63, 3.8) is 0 Å². The fraction of sp³-hybridized carbons (Fsp3) is 0.867. The van der Waals surface area contributed by atoms with Crippen molar-refractivity contribution in [3.05, 3.63) is 0 Å². The number of nitrogens with zero attached hydrogens (tertiary/aromatic N) is 1. The van der Waals surface area contributed by atoms with Crippen LogP contribution >= 0.6 is 0 Å². The van der Waals surface area contributed by atoms with E-state index >= 15 is 0 Å². The Morgan fingerprint density at radius 2 is 1.47 bits per heavy atom. The summed E-state index contributed by atoms with van der Waals surface area (Å²) in [4.78, 5) is 25.4. The predicted molar refractivity (Wildman–Crippen MR) is 74.8 cm³/mol. The van der Waals surface area contributed by atoms with E-state index in [1.54, 1.807) is 0 Å². The highest BCUT2D eigenvalue weighted by molar-refractivity contribution is 5.86. The molecule has 0 saturated heterocycles. The lowest BCUT2D eigenvalue weighted by atomic mass is 9.58. The topological polar surface area (TPSA) is 57.6 Å². The Hall–Kier alpha value is -1.06. The Labute approximate surface area is 116 Å². The van der Waals surface area contributed by atoms with E-state index in [1.165, 1.54) is 11.8 Å². The largest absolute Gasteiger partial charge is 0.479 e. The Morgan fingerprint density at radius 3 is 1.74 bits per heavy atom. The second-order valence-electron chi connectivity index (χ2n) is 7.46. The summed E-state index contributed by atoms with van der Waals surface area (Å²) >= 11 is 0. The van der Waals surface area contributed by atoms with E-state index in [-0.39, 0.29) is 16.7 Å². The number of carbonyl (C=O) groups is 2. The summed E-state index contributed by atoms with van der Waals surface area (Å²) < 4.78 is 0. The molecule has 0 aliphatic heterocycles. The maximum atomic E-state index is 12.0. The van der Waals surface area contributed by atoms with Crippen molar-refractivity contribution in [1.29, 1.82) is 0 Å². The molecule has 1 rings (SSSR count). The van der Waals surface area contributed by atoms with Gasteiger partial charge in [-0.1, -0.05) is 27.7 Å². The zero-order chi connectivity index (χ0) is 15.1. The molecule has 4 heteroatoms. The van der Waals surface area contributed by atoms with E-state index in [0.717, 1.165) is 6.42 Å². The maximum absolute atomic E-state index is 12.0. The van der Waals surface area contributed by atoms with E-state index < -0.39 is 11.5 Å². The van der Waals surface area contributed by atoms with Crippen molar-refractivity contribution in [2.24, 2.45) is 10.8 Å². The minimum absolute atomic E-state index is 0.0803. The first-order valence-corrected chi connectivity index (χ1v) is 6.97. The average molecular weight is 269 g/mol. The van der Waals surface area contributed by atoms with Crippen molar-refractivity contribution in [2.75, 3.05) is 6.54 Å². The second-order valence-corrected chi connectivity index (χ2v) is 7.46. The Bertz CT molecular complexity index is 369. The van der Waals surface area contributed by atoms with Crippen molar-refractivity contribution >= 4 is 11.9 Å². The molecule has 0 aromatic heterocycles. The lowest BCUT2D eigenvalue weighted by Crippen LogP contribution is -2.62. The van der Waals surface area contributed by atoms with Gasteiger partial charge in [-0.05, 0) is 37.0 Å². The third kappa shape index (κ3) is 3.10. The van der Waals surface area contributed by atoms with Gasteiger partial charge in [0.05, 0.1) is 0 Å². The normalized spacial score (nSPS) is 23.7. The first-order chi connectivity index (χ1) is 8.46. The lowest BCUT2D eigenvalue weighted by Gasteiger charge is -2.53. The van der Waals surface area contributed by atoms with E-state index in [2.05, 4.69) is 27.7 Å². The van der Waals surface area contributed by atoms with Gasteiger partial charge in [-0.15, -0.1) is 0 Å². The molecule has 0 unspecified atom stereocenters. The number of carboxylic acid groups (broad SMARTS) is 1. The minimum atomic E-state index is -1.06. The molecular formula is C15H27NO3. The summed E-state index contributed by atoms with van der Waals surface area (Å²) in [6.07, 6.45) is 2.02. The van der Waals surface area contributed by atoms with Crippen molar-refractivity contribution in [1.82, 2.24) is 4.90 Å². The molecule has 0 aromatic carbocycles. The maximum Gasteiger partial charge on any atom is 0.329 e. The van der Waals surface area contributed by atoms with Gasteiger partial charge in [-0.3, -0.25) is 4.79 Å². The predicted octanol–water partition coefficient (Wildman–Crippen LogP) is 2.91. The highest BCUT2D eigenvalue weighted by Crippen LogP contribution is 2.52. The number of carbonyl (C=O) groups excluding carboxylic acids is 1. The molecule has 1 aliphatic rings. The van der Waals surface area contributed by atoms with Crippen LogP contribution in [0.5, 0.6) is 0 Å². The molecule has 0 spiro atoms. The molecule has 0 radical (unpaired) electrons. The molecule has 19 heavy (non-hydrogen) atoms. The second kappa shape index (κ2) is 4.80. The Balaban J connectivity index is 3.33. The van der Waals surface area contributed by atoms with Crippen LogP contribution in [-0.2, 0) is 9.59 Å². The zero-order valence-electron chi connectivity index (χ0n) is 13.0. The van der Waals surface area contributed by atoms with Crippen LogP contribution in [0.1, 0.15) is 60.8 Å². The number of carboxylic acids is 1. The molecule has 1 fully saturated rings. The van der Waals surface area contributed by atoms with Gasteiger partial charge in [0.1, 0.15) is 5.54 Å². The number of aliphatic carboxylic acids is 1. The monoisotopic (exact) mass is 269 g/mol. The third-order valence-electron chi connectivity index (χ3n) is 4.11. The molecule has 4 nitrogen and oxygen atoms in total. The Kier molecular flexibility index (Phi) is 4.04. The molecular weight excluding hydrogens is 242 g/mol.